The number of carboxylic acid groups (broad SMARTS) is 1. The van der Waals surface area contributed by atoms with Gasteiger partial charge in [-0.1, -0.05) is 31.9 Å². The highest BCUT2D eigenvalue weighted by atomic mass is 79.9. The van der Waals surface area contributed by atoms with Gasteiger partial charge in [-0.3, -0.25) is 0 Å². The number of benzene rings is 2. The summed E-state index contributed by atoms with van der Waals surface area (Å²) < 4.78 is 48.9. The number of alkyl halides is 3. The summed E-state index contributed by atoms with van der Waals surface area (Å²) in [6.07, 6.45) is -4.34. The number of nitrogens with two attached hydrogens (primary N) is 1. The molecule has 0 atom stereocenters. The molecule has 0 radical (unpaired) electrons. The van der Waals surface area contributed by atoms with E-state index < -0.39 is 23.4 Å². The lowest BCUT2D eigenvalue weighted by Gasteiger charge is -2.07. The molecule has 4 aromatic rings. The number of rotatable bonds is 4. The van der Waals surface area contributed by atoms with E-state index >= 15 is 0 Å². The lowest BCUT2D eigenvalue weighted by atomic mass is 10.2. The van der Waals surface area contributed by atoms with Gasteiger partial charge in [0.25, 0.3) is 0 Å². The topological polar surface area (TPSA) is 153 Å². The first kappa shape index (κ1) is 29.9. The quantitative estimate of drug-likeness (QED) is 0.200. The highest BCUT2D eigenvalue weighted by Gasteiger charge is 2.38. The maximum absolute atomic E-state index is 11.3. The Morgan fingerprint density at radius 1 is 0.919 bits per heavy atom. The first-order chi connectivity index (χ1) is 17.3. The molecule has 2 aromatic heterocycles. The van der Waals surface area contributed by atoms with Crippen molar-refractivity contribution in [3.8, 4) is 11.5 Å². The van der Waals surface area contributed by atoms with E-state index in [1.54, 1.807) is 24.3 Å². The van der Waals surface area contributed by atoms with E-state index in [1.807, 2.05) is 12.1 Å². The van der Waals surface area contributed by atoms with Crippen LogP contribution in [0, 0.1) is 0 Å². The molecule has 0 unspecified atom stereocenters. The van der Waals surface area contributed by atoms with E-state index in [0.717, 1.165) is 26.8 Å². The molecule has 0 aliphatic heterocycles. The van der Waals surface area contributed by atoms with Crippen LogP contribution in [0.1, 0.15) is 6.42 Å². The van der Waals surface area contributed by atoms with Gasteiger partial charge in [0.15, 0.2) is 0 Å². The summed E-state index contributed by atoms with van der Waals surface area (Å²) in [7, 11) is 0. The third-order valence-corrected chi connectivity index (χ3v) is 5.18. The van der Waals surface area contributed by atoms with Crippen LogP contribution in [0.3, 0.4) is 0 Å². The van der Waals surface area contributed by atoms with Crippen molar-refractivity contribution in [1.29, 1.82) is 0 Å². The van der Waals surface area contributed by atoms with Crippen LogP contribution in [-0.2, 0) is 4.79 Å². The SMILES string of the molecule is NCCCOc1cc(=O)oc2ccc(Br)cc12.O=C(O)C(F)(F)F.O=c1cc(O)c2cc(Br)ccc2o1. The third kappa shape index (κ3) is 9.22. The fraction of sp³-hybridized carbons (Fsp3) is 0.174. The Kier molecular flexibility index (Phi) is 10.7. The van der Waals surface area contributed by atoms with Crippen LogP contribution in [0.4, 0.5) is 13.2 Å². The zero-order valence-electron chi connectivity index (χ0n) is 18.6. The monoisotopic (exact) mass is 651 g/mol. The number of carboxylic acids is 1. The van der Waals surface area contributed by atoms with E-state index in [-0.39, 0.29) is 5.75 Å². The molecule has 0 saturated carbocycles. The number of hydrogen-bond acceptors (Lipinski definition) is 8. The van der Waals surface area contributed by atoms with E-state index in [0.29, 0.717) is 35.5 Å². The zero-order valence-corrected chi connectivity index (χ0v) is 21.7. The van der Waals surface area contributed by atoms with Gasteiger partial charge in [-0.25, -0.2) is 14.4 Å². The Bertz CT molecular complexity index is 1500. The second-order valence-corrected chi connectivity index (χ2v) is 8.79. The van der Waals surface area contributed by atoms with Crippen LogP contribution < -0.4 is 21.7 Å². The van der Waals surface area contributed by atoms with Crippen LogP contribution in [0.15, 0.2) is 75.9 Å². The van der Waals surface area contributed by atoms with Gasteiger partial charge in [-0.05, 0) is 49.4 Å². The summed E-state index contributed by atoms with van der Waals surface area (Å²) in [5.41, 5.74) is 5.33. The molecule has 0 spiro atoms. The van der Waals surface area contributed by atoms with E-state index in [1.165, 1.54) is 6.07 Å². The maximum atomic E-state index is 11.3. The molecule has 0 fully saturated rings. The van der Waals surface area contributed by atoms with Crippen molar-refractivity contribution in [3.63, 3.8) is 0 Å². The second kappa shape index (κ2) is 13.3. The van der Waals surface area contributed by atoms with Crippen LogP contribution in [0.5, 0.6) is 11.5 Å². The van der Waals surface area contributed by atoms with E-state index in [4.69, 9.17) is 29.2 Å². The normalized spacial score (nSPS) is 10.8. The molecule has 37 heavy (non-hydrogen) atoms. The van der Waals surface area contributed by atoms with E-state index in [9.17, 15) is 27.9 Å². The molecule has 14 heteroatoms. The first-order valence-electron chi connectivity index (χ1n) is 10.1. The van der Waals surface area contributed by atoms with E-state index in [2.05, 4.69) is 31.9 Å². The third-order valence-electron chi connectivity index (χ3n) is 4.20. The highest BCUT2D eigenvalue weighted by Crippen LogP contribution is 2.27. The summed E-state index contributed by atoms with van der Waals surface area (Å²) in [6.45, 7) is 1.05. The molecule has 0 saturated heterocycles. The highest BCUT2D eigenvalue weighted by molar-refractivity contribution is 9.10. The molecule has 0 amide bonds. The molecule has 9 nitrogen and oxygen atoms in total. The van der Waals surface area contributed by atoms with Gasteiger partial charge >= 0.3 is 23.4 Å². The van der Waals surface area contributed by atoms with Crippen LogP contribution in [0.2, 0.25) is 0 Å². The average molecular weight is 653 g/mol. The molecular formula is C23H18Br2F3NO8. The summed E-state index contributed by atoms with van der Waals surface area (Å²) in [5, 5.41) is 17.8. The van der Waals surface area contributed by atoms with Crippen molar-refractivity contribution in [1.82, 2.24) is 0 Å². The minimum atomic E-state index is -5.08. The van der Waals surface area contributed by atoms with Gasteiger partial charge in [-0.2, -0.15) is 13.2 Å². The largest absolute Gasteiger partial charge is 0.507 e. The Hall–Kier alpha value is -3.36. The number of aromatic hydroxyl groups is 1. The lowest BCUT2D eigenvalue weighted by Crippen LogP contribution is -2.21. The summed E-state index contributed by atoms with van der Waals surface area (Å²) >= 11 is 6.63. The second-order valence-electron chi connectivity index (χ2n) is 6.95. The van der Waals surface area contributed by atoms with Crippen molar-refractivity contribution < 1.29 is 41.8 Å². The fourth-order valence-corrected chi connectivity index (χ4v) is 3.33. The Labute approximate surface area is 222 Å². The molecular weight excluding hydrogens is 635 g/mol. The number of hydrogen-bond donors (Lipinski definition) is 3. The van der Waals surface area contributed by atoms with Crippen molar-refractivity contribution in [3.05, 3.63) is 78.3 Å². The van der Waals surface area contributed by atoms with Crippen molar-refractivity contribution in [2.24, 2.45) is 5.73 Å². The molecule has 2 aromatic carbocycles. The van der Waals surface area contributed by atoms with Crippen LogP contribution >= 0.6 is 31.9 Å². The van der Waals surface area contributed by atoms with Gasteiger partial charge in [-0.15, -0.1) is 0 Å². The molecule has 0 aliphatic rings. The van der Waals surface area contributed by atoms with Crippen LogP contribution in [0.25, 0.3) is 21.9 Å². The summed E-state index contributed by atoms with van der Waals surface area (Å²) in [6, 6.07) is 12.9. The van der Waals surface area contributed by atoms with Gasteiger partial charge in [0, 0.05) is 8.95 Å². The average Bonchev–Trinajstić information content (AvgIpc) is 2.80. The molecule has 4 rings (SSSR count). The summed E-state index contributed by atoms with van der Waals surface area (Å²) in [4.78, 5) is 31.1. The number of carbonyl (C=O) groups is 1. The zero-order chi connectivity index (χ0) is 27.8. The van der Waals surface area contributed by atoms with Gasteiger partial charge < -0.3 is 29.5 Å². The Balaban J connectivity index is 0.000000213. The minimum absolute atomic E-state index is 0.0625. The van der Waals surface area contributed by atoms with Gasteiger partial charge in [0.05, 0.1) is 29.5 Å². The number of ether oxygens (including phenoxy) is 1. The first-order valence-corrected chi connectivity index (χ1v) is 11.7. The molecule has 2 heterocycles. The van der Waals surface area contributed by atoms with Crippen molar-refractivity contribution in [2.75, 3.05) is 13.2 Å². The van der Waals surface area contributed by atoms with Crippen LogP contribution in [-0.4, -0.2) is 35.5 Å². The Morgan fingerprint density at radius 3 is 1.92 bits per heavy atom. The lowest BCUT2D eigenvalue weighted by molar-refractivity contribution is -0.192. The van der Waals surface area contributed by atoms with Gasteiger partial charge in [0.2, 0.25) is 0 Å². The molecule has 198 valence electrons. The number of aliphatic carboxylic acids is 1. The fourth-order valence-electron chi connectivity index (χ4n) is 2.61. The smallest absolute Gasteiger partial charge is 0.490 e. The van der Waals surface area contributed by atoms with Gasteiger partial charge in [0.1, 0.15) is 22.7 Å². The van der Waals surface area contributed by atoms with Crippen molar-refractivity contribution in [2.45, 2.75) is 12.6 Å². The molecule has 4 N–H and O–H groups in total. The predicted molar refractivity (Wildman–Crippen MR) is 135 cm³/mol. The predicted octanol–water partition coefficient (Wildman–Crippen LogP) is 5.18. The standard InChI is InChI=1S/C12H12BrNO3.C9H5BrO3.C2HF3O2/c13-8-2-3-10-9(6-8)11(7-12(15)17-10)16-5-1-4-14;10-5-1-2-8-6(3-5)7(11)4-9(12)13-8;3-2(4,5)1(6)7/h2-3,6-7H,1,4-5,14H2;1-4,11H;(H,6,7). The molecule has 0 bridgehead atoms. The summed E-state index contributed by atoms with van der Waals surface area (Å²) in [5.74, 6) is -2.29. The molecule has 0 aliphatic carbocycles. The number of halogens is 5. The number of fused-ring (bicyclic) bond motifs is 2. The minimum Gasteiger partial charge on any atom is -0.507 e. The van der Waals surface area contributed by atoms with Crippen molar-refractivity contribution >= 4 is 59.8 Å². The Morgan fingerprint density at radius 2 is 1.41 bits per heavy atom. The maximum Gasteiger partial charge on any atom is 0.490 e.